The van der Waals surface area contributed by atoms with E-state index in [2.05, 4.69) is 14.6 Å². The van der Waals surface area contributed by atoms with E-state index in [-0.39, 0.29) is 17.9 Å². The number of carbonyl (C=O) groups is 2. The zero-order valence-corrected chi connectivity index (χ0v) is 11.1. The highest BCUT2D eigenvalue weighted by molar-refractivity contribution is 6.00. The molecule has 0 aliphatic carbocycles. The number of aromatic nitrogens is 1. The Hall–Kier alpha value is -2.63. The third-order valence-electron chi connectivity index (χ3n) is 2.55. The van der Waals surface area contributed by atoms with Gasteiger partial charge in [-0.05, 0) is 13.8 Å². The van der Waals surface area contributed by atoms with E-state index in [0.29, 0.717) is 11.3 Å². The van der Waals surface area contributed by atoms with Gasteiger partial charge in [-0.15, -0.1) is 0 Å². The van der Waals surface area contributed by atoms with E-state index in [1.54, 1.807) is 38.1 Å². The van der Waals surface area contributed by atoms with Crippen LogP contribution in [0.3, 0.4) is 0 Å². The van der Waals surface area contributed by atoms with Crippen molar-refractivity contribution in [3.8, 4) is 11.3 Å². The topological polar surface area (TPSA) is 78.6 Å². The Labute approximate surface area is 115 Å². The lowest BCUT2D eigenvalue weighted by molar-refractivity contribution is 0.0401. The average Bonchev–Trinajstić information content (AvgIpc) is 2.82. The molecule has 104 valence electrons. The molecule has 0 unspecified atom stereocenters. The molecule has 2 aromatic rings. The molecular weight excluding hydrogens is 262 g/mol. The van der Waals surface area contributed by atoms with Crippen LogP contribution in [0, 0.1) is 6.92 Å². The molecule has 0 N–H and O–H groups in total. The Balaban J connectivity index is 2.30. The van der Waals surface area contributed by atoms with Crippen molar-refractivity contribution < 1.29 is 23.6 Å². The molecule has 0 fully saturated rings. The fourth-order valence-electron chi connectivity index (χ4n) is 1.68. The molecule has 1 heterocycles. The van der Waals surface area contributed by atoms with Crippen molar-refractivity contribution in [2.75, 3.05) is 6.61 Å². The second-order valence-corrected chi connectivity index (χ2v) is 3.90. The number of hydrogen-bond acceptors (Lipinski definition) is 6. The maximum absolute atomic E-state index is 12.0. The second-order valence-electron chi connectivity index (χ2n) is 3.90. The van der Waals surface area contributed by atoms with Crippen molar-refractivity contribution in [3.63, 3.8) is 0 Å². The van der Waals surface area contributed by atoms with Crippen molar-refractivity contribution in [3.05, 3.63) is 41.7 Å². The van der Waals surface area contributed by atoms with Gasteiger partial charge in [0.25, 0.3) is 0 Å². The minimum Gasteiger partial charge on any atom is -0.434 e. The van der Waals surface area contributed by atoms with Gasteiger partial charge in [-0.2, -0.15) is 0 Å². The smallest absolute Gasteiger partial charge is 0.434 e. The van der Waals surface area contributed by atoms with Gasteiger partial charge in [0, 0.05) is 5.56 Å². The number of nitrogens with zero attached hydrogens (tertiary/aromatic N) is 1. The first kappa shape index (κ1) is 13.8. The number of aryl methyl sites for hydroxylation is 1. The van der Waals surface area contributed by atoms with Crippen molar-refractivity contribution >= 4 is 12.1 Å². The monoisotopic (exact) mass is 275 g/mol. The molecule has 0 atom stereocenters. The molecule has 0 radical (unpaired) electrons. The normalized spacial score (nSPS) is 10.1. The predicted molar refractivity (Wildman–Crippen MR) is 69.1 cm³/mol. The van der Waals surface area contributed by atoms with Crippen LogP contribution in [-0.4, -0.2) is 23.9 Å². The maximum atomic E-state index is 12.0. The van der Waals surface area contributed by atoms with Crippen LogP contribution in [0.2, 0.25) is 0 Å². The van der Waals surface area contributed by atoms with Crippen LogP contribution in [0.15, 0.2) is 34.9 Å². The first-order chi connectivity index (χ1) is 9.63. The summed E-state index contributed by atoms with van der Waals surface area (Å²) in [5.41, 5.74) is 1.14. The highest BCUT2D eigenvalue weighted by atomic mass is 16.7. The Morgan fingerprint density at radius 2 is 1.95 bits per heavy atom. The number of hydrogen-bond donors (Lipinski definition) is 0. The summed E-state index contributed by atoms with van der Waals surface area (Å²) < 4.78 is 14.2. The van der Waals surface area contributed by atoms with Crippen molar-refractivity contribution in [2.45, 2.75) is 13.8 Å². The second kappa shape index (κ2) is 6.01. The standard InChI is InChI=1S/C14H13NO5/c1-3-18-14(17)19-13(16)11-9(2)20-15-12(11)10-7-5-4-6-8-10/h4-8H,3H2,1-2H3. The largest absolute Gasteiger partial charge is 0.516 e. The van der Waals surface area contributed by atoms with Crippen molar-refractivity contribution in [1.82, 2.24) is 5.16 Å². The molecule has 0 saturated heterocycles. The van der Waals surface area contributed by atoms with Crippen LogP contribution in [0.25, 0.3) is 11.3 Å². The van der Waals surface area contributed by atoms with Crippen LogP contribution in [0.5, 0.6) is 0 Å². The third kappa shape index (κ3) is 2.85. The van der Waals surface area contributed by atoms with E-state index in [1.165, 1.54) is 0 Å². The molecule has 0 aliphatic heterocycles. The molecular formula is C14H13NO5. The van der Waals surface area contributed by atoms with E-state index < -0.39 is 12.1 Å². The van der Waals surface area contributed by atoms with E-state index >= 15 is 0 Å². The first-order valence-corrected chi connectivity index (χ1v) is 6.04. The lowest BCUT2D eigenvalue weighted by Crippen LogP contribution is -2.14. The Morgan fingerprint density at radius 3 is 2.60 bits per heavy atom. The van der Waals surface area contributed by atoms with Crippen LogP contribution in [0.1, 0.15) is 23.0 Å². The van der Waals surface area contributed by atoms with Gasteiger partial charge in [-0.25, -0.2) is 9.59 Å². The van der Waals surface area contributed by atoms with Gasteiger partial charge >= 0.3 is 12.1 Å². The van der Waals surface area contributed by atoms with Crippen LogP contribution in [0.4, 0.5) is 4.79 Å². The van der Waals surface area contributed by atoms with Gasteiger partial charge < -0.3 is 14.0 Å². The molecule has 0 saturated carbocycles. The average molecular weight is 275 g/mol. The summed E-state index contributed by atoms with van der Waals surface area (Å²) in [6.45, 7) is 3.31. The molecule has 6 heteroatoms. The molecule has 1 aromatic heterocycles. The van der Waals surface area contributed by atoms with E-state index in [0.717, 1.165) is 0 Å². The van der Waals surface area contributed by atoms with Gasteiger partial charge in [-0.3, -0.25) is 0 Å². The minimum absolute atomic E-state index is 0.115. The Kier molecular flexibility index (Phi) is 4.14. The summed E-state index contributed by atoms with van der Waals surface area (Å²) in [5.74, 6) is -0.570. The summed E-state index contributed by atoms with van der Waals surface area (Å²) in [4.78, 5) is 23.2. The zero-order chi connectivity index (χ0) is 14.5. The molecule has 0 aliphatic rings. The maximum Gasteiger partial charge on any atom is 0.516 e. The lowest BCUT2D eigenvalue weighted by atomic mass is 10.1. The van der Waals surface area contributed by atoms with E-state index in [9.17, 15) is 9.59 Å². The van der Waals surface area contributed by atoms with Gasteiger partial charge in [0.05, 0.1) is 6.61 Å². The summed E-state index contributed by atoms with van der Waals surface area (Å²) in [5, 5.41) is 3.83. The molecule has 0 bridgehead atoms. The molecule has 2 rings (SSSR count). The Bertz CT molecular complexity index is 618. The summed E-state index contributed by atoms with van der Waals surface area (Å²) in [7, 11) is 0. The van der Waals surface area contributed by atoms with Gasteiger partial charge in [0.1, 0.15) is 17.0 Å². The Morgan fingerprint density at radius 1 is 1.25 bits per heavy atom. The number of benzene rings is 1. The van der Waals surface area contributed by atoms with E-state index in [4.69, 9.17) is 4.52 Å². The van der Waals surface area contributed by atoms with Gasteiger partial charge in [0.15, 0.2) is 0 Å². The van der Waals surface area contributed by atoms with Crippen molar-refractivity contribution in [2.24, 2.45) is 0 Å². The number of carbonyl (C=O) groups excluding carboxylic acids is 2. The molecule has 6 nitrogen and oxygen atoms in total. The predicted octanol–water partition coefficient (Wildman–Crippen LogP) is 2.96. The fourth-order valence-corrected chi connectivity index (χ4v) is 1.68. The SMILES string of the molecule is CCOC(=O)OC(=O)c1c(-c2ccccc2)noc1C. The molecule has 20 heavy (non-hydrogen) atoms. The highest BCUT2D eigenvalue weighted by Crippen LogP contribution is 2.25. The highest BCUT2D eigenvalue weighted by Gasteiger charge is 2.25. The number of rotatable bonds is 3. The zero-order valence-electron chi connectivity index (χ0n) is 11.1. The summed E-state index contributed by atoms with van der Waals surface area (Å²) in [6, 6.07) is 9.00. The number of esters is 1. The number of ether oxygens (including phenoxy) is 2. The van der Waals surface area contributed by atoms with Gasteiger partial charge in [0.2, 0.25) is 0 Å². The fraction of sp³-hybridized carbons (Fsp3) is 0.214. The van der Waals surface area contributed by atoms with Crippen LogP contribution in [-0.2, 0) is 9.47 Å². The van der Waals surface area contributed by atoms with Crippen molar-refractivity contribution in [1.29, 1.82) is 0 Å². The third-order valence-corrected chi connectivity index (χ3v) is 2.55. The molecule has 1 aromatic carbocycles. The summed E-state index contributed by atoms with van der Waals surface area (Å²) in [6.07, 6.45) is -1.04. The molecule has 0 spiro atoms. The molecule has 0 amide bonds. The summed E-state index contributed by atoms with van der Waals surface area (Å²) >= 11 is 0. The first-order valence-electron chi connectivity index (χ1n) is 6.04. The van der Waals surface area contributed by atoms with Crippen LogP contribution >= 0.6 is 0 Å². The quantitative estimate of drug-likeness (QED) is 0.633. The van der Waals surface area contributed by atoms with Crippen LogP contribution < -0.4 is 0 Å². The van der Waals surface area contributed by atoms with Gasteiger partial charge in [-0.1, -0.05) is 35.5 Å². The minimum atomic E-state index is -1.04. The van der Waals surface area contributed by atoms with E-state index in [1.807, 2.05) is 6.07 Å². The lowest BCUT2D eigenvalue weighted by Gasteiger charge is -2.03.